The first kappa shape index (κ1) is 11.3. The Morgan fingerprint density at radius 2 is 1.89 bits per heavy atom. The maximum atomic E-state index is 4.64. The van der Waals surface area contributed by atoms with Crippen molar-refractivity contribution in [1.29, 1.82) is 0 Å². The Kier molecular flexibility index (Phi) is 2.59. The van der Waals surface area contributed by atoms with Gasteiger partial charge in [0.2, 0.25) is 5.78 Å². The highest BCUT2D eigenvalue weighted by atomic mass is 15.2. The quantitative estimate of drug-likeness (QED) is 0.722. The van der Waals surface area contributed by atoms with E-state index >= 15 is 0 Å². The summed E-state index contributed by atoms with van der Waals surface area (Å²) in [5, 5.41) is 0. The molecular weight excluding hydrogens is 224 g/mol. The monoisotopic (exact) mass is 243 g/mol. The maximum Gasteiger partial charge on any atom is 0.215 e. The van der Waals surface area contributed by atoms with Crippen molar-refractivity contribution in [2.24, 2.45) is 0 Å². The number of benzene rings is 1. The predicted octanol–water partition coefficient (Wildman–Crippen LogP) is 0.742. The van der Waals surface area contributed by atoms with E-state index in [1.165, 1.54) is 15.9 Å². The average molecular weight is 243 g/mol. The molecule has 3 rings (SSSR count). The van der Waals surface area contributed by atoms with Crippen LogP contribution in [0, 0.1) is 6.92 Å². The summed E-state index contributed by atoms with van der Waals surface area (Å²) >= 11 is 0. The molecule has 18 heavy (non-hydrogen) atoms. The summed E-state index contributed by atoms with van der Waals surface area (Å²) in [6.07, 6.45) is 2.11. The number of imidazole rings is 2. The van der Waals surface area contributed by atoms with E-state index in [2.05, 4.69) is 58.5 Å². The highest BCUT2D eigenvalue weighted by Gasteiger charge is 2.12. The third-order valence-corrected chi connectivity index (χ3v) is 3.32. The number of fused-ring (bicyclic) bond motifs is 3. The van der Waals surface area contributed by atoms with E-state index in [-0.39, 0.29) is 0 Å². The van der Waals surface area contributed by atoms with Crippen LogP contribution in [0.1, 0.15) is 5.69 Å². The molecular formula is C14H19N4+. The van der Waals surface area contributed by atoms with Crippen LogP contribution >= 0.6 is 0 Å². The van der Waals surface area contributed by atoms with E-state index < -0.39 is 0 Å². The summed E-state index contributed by atoms with van der Waals surface area (Å²) in [5.41, 5.74) is 3.57. The molecule has 2 heterocycles. The third-order valence-electron chi connectivity index (χ3n) is 3.32. The number of likely N-dealkylation sites (N-methyl/N-ethyl adjacent to an activating group) is 1. The zero-order valence-corrected chi connectivity index (χ0v) is 11.1. The number of hydrogen-bond acceptors (Lipinski definition) is 1. The van der Waals surface area contributed by atoms with Crippen molar-refractivity contribution >= 4 is 16.8 Å². The molecule has 0 aliphatic rings. The molecule has 0 unspecified atom stereocenters. The van der Waals surface area contributed by atoms with Crippen molar-refractivity contribution in [2.75, 3.05) is 20.6 Å². The molecule has 0 aliphatic carbocycles. The topological polar surface area (TPSA) is 26.7 Å². The van der Waals surface area contributed by atoms with Crippen LogP contribution in [0.15, 0.2) is 30.5 Å². The lowest BCUT2D eigenvalue weighted by atomic mass is 10.3. The maximum absolute atomic E-state index is 4.64. The van der Waals surface area contributed by atoms with E-state index in [1.807, 2.05) is 6.92 Å². The van der Waals surface area contributed by atoms with Crippen LogP contribution in [0.2, 0.25) is 0 Å². The molecule has 0 atom stereocenters. The zero-order valence-electron chi connectivity index (χ0n) is 11.1. The molecule has 3 aromatic rings. The van der Waals surface area contributed by atoms with Gasteiger partial charge < -0.3 is 9.47 Å². The lowest BCUT2D eigenvalue weighted by Gasteiger charge is -2.08. The van der Waals surface area contributed by atoms with Gasteiger partial charge in [-0.2, -0.15) is 0 Å². The molecule has 1 N–H and O–H groups in total. The third kappa shape index (κ3) is 1.69. The Morgan fingerprint density at radius 1 is 1.17 bits per heavy atom. The minimum absolute atomic E-state index is 0.996. The van der Waals surface area contributed by atoms with Crippen molar-refractivity contribution in [2.45, 2.75) is 13.5 Å². The predicted molar refractivity (Wildman–Crippen MR) is 73.1 cm³/mol. The van der Waals surface area contributed by atoms with E-state index in [0.29, 0.717) is 0 Å². The van der Waals surface area contributed by atoms with E-state index in [9.17, 15) is 0 Å². The van der Waals surface area contributed by atoms with Crippen LogP contribution in [-0.2, 0) is 6.54 Å². The molecule has 0 fully saturated rings. The smallest absolute Gasteiger partial charge is 0.215 e. The Hall–Kier alpha value is -1.81. The fraction of sp³-hybridized carbons (Fsp3) is 0.357. The molecule has 0 saturated heterocycles. The molecule has 0 amide bonds. The minimum Gasteiger partial charge on any atom is -0.338 e. The molecule has 94 valence electrons. The highest BCUT2D eigenvalue weighted by molar-refractivity contribution is 5.80. The molecule has 1 aromatic carbocycles. The Labute approximate surface area is 106 Å². The normalized spacial score (nSPS) is 12.0. The van der Waals surface area contributed by atoms with Crippen LogP contribution in [0.3, 0.4) is 0 Å². The van der Waals surface area contributed by atoms with E-state index in [0.717, 1.165) is 24.6 Å². The van der Waals surface area contributed by atoms with Crippen LogP contribution in [0.5, 0.6) is 0 Å². The second-order valence-corrected chi connectivity index (χ2v) is 5.15. The fourth-order valence-corrected chi connectivity index (χ4v) is 2.41. The molecule has 4 heteroatoms. The van der Waals surface area contributed by atoms with Gasteiger partial charge in [0.25, 0.3) is 0 Å². The van der Waals surface area contributed by atoms with Gasteiger partial charge in [-0.3, -0.25) is 4.40 Å². The van der Waals surface area contributed by atoms with Gasteiger partial charge in [-0.15, -0.1) is 0 Å². The van der Waals surface area contributed by atoms with Crippen molar-refractivity contribution in [1.82, 2.24) is 14.0 Å². The SMILES string of the molecule is Cc1cn2c3ccccc3n(CC[NH+](C)C)c2n1. The first-order valence-electron chi connectivity index (χ1n) is 6.39. The summed E-state index contributed by atoms with van der Waals surface area (Å²) in [7, 11) is 4.36. The fourth-order valence-electron chi connectivity index (χ4n) is 2.41. The van der Waals surface area contributed by atoms with Gasteiger partial charge in [0, 0.05) is 6.20 Å². The van der Waals surface area contributed by atoms with Crippen LogP contribution < -0.4 is 4.90 Å². The second kappa shape index (κ2) is 4.14. The largest absolute Gasteiger partial charge is 0.338 e. The van der Waals surface area contributed by atoms with E-state index in [4.69, 9.17) is 0 Å². The van der Waals surface area contributed by atoms with Crippen molar-refractivity contribution in [3.05, 3.63) is 36.2 Å². The number of para-hydroxylation sites is 2. The Balaban J connectivity index is 2.23. The molecule has 0 saturated carbocycles. The van der Waals surface area contributed by atoms with Gasteiger partial charge in [-0.05, 0) is 19.1 Å². The number of nitrogens with one attached hydrogen (secondary N) is 1. The minimum atomic E-state index is 0.996. The summed E-state index contributed by atoms with van der Waals surface area (Å²) in [5.74, 6) is 1.05. The van der Waals surface area contributed by atoms with Crippen molar-refractivity contribution < 1.29 is 4.90 Å². The second-order valence-electron chi connectivity index (χ2n) is 5.15. The lowest BCUT2D eigenvalue weighted by Crippen LogP contribution is -3.06. The summed E-state index contributed by atoms with van der Waals surface area (Å²) < 4.78 is 4.50. The van der Waals surface area contributed by atoms with Crippen LogP contribution in [0.25, 0.3) is 16.8 Å². The number of nitrogens with zero attached hydrogens (tertiary/aromatic N) is 3. The van der Waals surface area contributed by atoms with Gasteiger partial charge in [-0.1, -0.05) is 12.1 Å². The van der Waals surface area contributed by atoms with Gasteiger partial charge >= 0.3 is 0 Å². The number of aromatic nitrogens is 3. The molecule has 4 nitrogen and oxygen atoms in total. The first-order chi connectivity index (χ1) is 8.66. The summed E-state index contributed by atoms with van der Waals surface area (Å²) in [6, 6.07) is 8.50. The number of quaternary nitrogens is 1. The van der Waals surface area contributed by atoms with Crippen molar-refractivity contribution in [3.63, 3.8) is 0 Å². The average Bonchev–Trinajstić information content (AvgIpc) is 2.82. The van der Waals surface area contributed by atoms with Gasteiger partial charge in [-0.25, -0.2) is 4.98 Å². The Bertz CT molecular complexity index is 690. The van der Waals surface area contributed by atoms with Gasteiger partial charge in [0.05, 0.1) is 43.9 Å². The Morgan fingerprint density at radius 3 is 2.61 bits per heavy atom. The molecule has 0 aliphatic heterocycles. The zero-order chi connectivity index (χ0) is 12.7. The van der Waals surface area contributed by atoms with Gasteiger partial charge in [0.1, 0.15) is 0 Å². The van der Waals surface area contributed by atoms with Crippen molar-refractivity contribution in [3.8, 4) is 0 Å². The summed E-state index contributed by atoms with van der Waals surface area (Å²) in [4.78, 5) is 6.10. The number of rotatable bonds is 3. The standard InChI is InChI=1S/C14H18N4/c1-11-10-18-13-7-5-4-6-12(13)17(14(18)15-11)9-8-16(2)3/h4-7,10H,8-9H2,1-3H3/p+1. The number of aryl methyl sites for hydroxylation is 1. The van der Waals surface area contributed by atoms with E-state index in [1.54, 1.807) is 0 Å². The van der Waals surface area contributed by atoms with Gasteiger partial charge in [0.15, 0.2) is 0 Å². The molecule has 2 aromatic heterocycles. The number of hydrogen-bond donors (Lipinski definition) is 1. The lowest BCUT2D eigenvalue weighted by molar-refractivity contribution is -0.858. The van der Waals surface area contributed by atoms with Crippen LogP contribution in [-0.4, -0.2) is 34.6 Å². The highest BCUT2D eigenvalue weighted by Crippen LogP contribution is 2.20. The molecule has 0 spiro atoms. The van der Waals surface area contributed by atoms with Crippen LogP contribution in [0.4, 0.5) is 0 Å². The molecule has 0 radical (unpaired) electrons. The first-order valence-corrected chi connectivity index (χ1v) is 6.39. The summed E-state index contributed by atoms with van der Waals surface area (Å²) in [6.45, 7) is 4.14. The molecule has 0 bridgehead atoms.